The average molecular weight is 438 g/mol. The lowest BCUT2D eigenvalue weighted by Crippen LogP contribution is -2.50. The van der Waals surface area contributed by atoms with E-state index in [2.05, 4.69) is 6.07 Å². The summed E-state index contributed by atoms with van der Waals surface area (Å²) < 4.78 is 63.5. The molecule has 0 bridgehead atoms. The van der Waals surface area contributed by atoms with Crippen LogP contribution in [0.1, 0.15) is 25.7 Å². The van der Waals surface area contributed by atoms with Crippen molar-refractivity contribution < 1.29 is 50.9 Å². The van der Waals surface area contributed by atoms with Crippen molar-refractivity contribution in [2.45, 2.75) is 50.1 Å². The van der Waals surface area contributed by atoms with Gasteiger partial charge < -0.3 is 26.6 Å². The first-order valence-corrected chi connectivity index (χ1v) is 7.85. The van der Waals surface area contributed by atoms with Crippen LogP contribution in [-0.2, 0) is 14.4 Å². The van der Waals surface area contributed by atoms with Gasteiger partial charge in [0.2, 0.25) is 5.91 Å². The molecule has 0 aromatic heterocycles. The van der Waals surface area contributed by atoms with Gasteiger partial charge >= 0.3 is 24.3 Å². The van der Waals surface area contributed by atoms with Crippen LogP contribution in [-0.4, -0.2) is 70.5 Å². The molecule has 0 aliphatic carbocycles. The van der Waals surface area contributed by atoms with Crippen molar-refractivity contribution in [1.82, 2.24) is 4.90 Å². The zero-order valence-electron chi connectivity index (χ0n) is 14.8. The van der Waals surface area contributed by atoms with Crippen molar-refractivity contribution in [3.05, 3.63) is 0 Å². The number of carboxylic acid groups (broad SMARTS) is 2. The highest BCUT2D eigenvalue weighted by atomic mass is 19.4. The largest absolute Gasteiger partial charge is 0.490 e. The lowest BCUT2D eigenvalue weighted by Gasteiger charge is -2.33. The number of carboxylic acids is 2. The predicted octanol–water partition coefficient (Wildman–Crippen LogP) is 0.834. The summed E-state index contributed by atoms with van der Waals surface area (Å²) in [5.41, 5.74) is 11.0. The SMILES string of the molecule is N#C[C@@H]1CCCCN1C(=O)C(N)CCN.O=C(O)C(F)(F)F.O=C(O)C(F)(F)F. The Kier molecular flexibility index (Phi) is 12.6. The zero-order valence-corrected chi connectivity index (χ0v) is 14.8. The van der Waals surface area contributed by atoms with Crippen LogP contribution >= 0.6 is 0 Å². The first-order chi connectivity index (χ1) is 13.1. The molecule has 0 aromatic rings. The first kappa shape index (κ1) is 28.6. The Morgan fingerprint density at radius 2 is 1.48 bits per heavy atom. The molecule has 1 aliphatic heterocycles. The van der Waals surface area contributed by atoms with Crippen LogP contribution in [0.4, 0.5) is 26.3 Å². The third-order valence-electron chi connectivity index (χ3n) is 3.21. The second-order valence-corrected chi connectivity index (χ2v) is 5.46. The number of hydrogen-bond donors (Lipinski definition) is 4. The van der Waals surface area contributed by atoms with E-state index >= 15 is 0 Å². The molecule has 2 atom stereocenters. The monoisotopic (exact) mass is 438 g/mol. The Balaban J connectivity index is 0. The molecule has 1 heterocycles. The topological polar surface area (TPSA) is 171 Å². The number of halogens is 6. The fourth-order valence-corrected chi connectivity index (χ4v) is 1.85. The van der Waals surface area contributed by atoms with Gasteiger partial charge in [-0.05, 0) is 32.2 Å². The van der Waals surface area contributed by atoms with E-state index < -0.39 is 30.3 Å². The fraction of sp³-hybridized carbons (Fsp3) is 0.714. The van der Waals surface area contributed by atoms with Gasteiger partial charge in [0.1, 0.15) is 6.04 Å². The predicted molar refractivity (Wildman–Crippen MR) is 84.0 cm³/mol. The number of alkyl halides is 6. The Hall–Kier alpha value is -2.60. The number of rotatable bonds is 3. The fourth-order valence-electron chi connectivity index (χ4n) is 1.85. The number of aliphatic carboxylic acids is 2. The maximum Gasteiger partial charge on any atom is 0.490 e. The van der Waals surface area contributed by atoms with E-state index in [9.17, 15) is 31.1 Å². The summed E-state index contributed by atoms with van der Waals surface area (Å²) in [6, 6.07) is 1.30. The van der Waals surface area contributed by atoms with Crippen LogP contribution in [0.2, 0.25) is 0 Å². The molecule has 0 saturated carbocycles. The highest BCUT2D eigenvalue weighted by Gasteiger charge is 2.38. The van der Waals surface area contributed by atoms with Crippen molar-refractivity contribution in [2.24, 2.45) is 11.5 Å². The molecule has 1 rings (SSSR count). The van der Waals surface area contributed by atoms with Gasteiger partial charge in [0.25, 0.3) is 0 Å². The average Bonchev–Trinajstić information content (AvgIpc) is 2.60. The van der Waals surface area contributed by atoms with E-state index in [1.54, 1.807) is 4.90 Å². The van der Waals surface area contributed by atoms with Crippen molar-refractivity contribution in [1.29, 1.82) is 5.26 Å². The lowest BCUT2D eigenvalue weighted by molar-refractivity contribution is -0.193. The smallest absolute Gasteiger partial charge is 0.475 e. The van der Waals surface area contributed by atoms with E-state index in [0.29, 0.717) is 19.5 Å². The van der Waals surface area contributed by atoms with Crippen LogP contribution < -0.4 is 11.5 Å². The molecule has 0 aromatic carbocycles. The van der Waals surface area contributed by atoms with Crippen molar-refractivity contribution in [3.63, 3.8) is 0 Å². The molecule has 1 saturated heterocycles. The Bertz CT molecular complexity index is 567. The van der Waals surface area contributed by atoms with Gasteiger partial charge in [-0.25, -0.2) is 9.59 Å². The minimum absolute atomic E-state index is 0.133. The van der Waals surface area contributed by atoms with Crippen molar-refractivity contribution >= 4 is 17.8 Å². The Morgan fingerprint density at radius 1 is 1.07 bits per heavy atom. The van der Waals surface area contributed by atoms with Crippen LogP contribution in [0.15, 0.2) is 0 Å². The second kappa shape index (κ2) is 12.8. The highest BCUT2D eigenvalue weighted by Crippen LogP contribution is 2.17. The molecule has 1 fully saturated rings. The van der Waals surface area contributed by atoms with E-state index in [1.165, 1.54) is 0 Å². The van der Waals surface area contributed by atoms with Crippen molar-refractivity contribution in [2.75, 3.05) is 13.1 Å². The molecule has 29 heavy (non-hydrogen) atoms. The summed E-state index contributed by atoms with van der Waals surface area (Å²) in [6.45, 7) is 1.05. The molecular formula is C14H20F6N4O5. The molecular weight excluding hydrogens is 418 g/mol. The third-order valence-corrected chi connectivity index (χ3v) is 3.21. The first-order valence-electron chi connectivity index (χ1n) is 7.85. The maximum absolute atomic E-state index is 11.9. The third kappa shape index (κ3) is 12.5. The number of likely N-dealkylation sites (tertiary alicyclic amines) is 1. The summed E-state index contributed by atoms with van der Waals surface area (Å²) >= 11 is 0. The van der Waals surface area contributed by atoms with E-state index in [0.717, 1.165) is 19.3 Å². The summed E-state index contributed by atoms with van der Waals surface area (Å²) in [7, 11) is 0. The summed E-state index contributed by atoms with van der Waals surface area (Å²) in [6.07, 6.45) is -6.96. The zero-order chi connectivity index (χ0) is 23.4. The second-order valence-electron chi connectivity index (χ2n) is 5.46. The van der Waals surface area contributed by atoms with E-state index in [1.807, 2.05) is 0 Å². The van der Waals surface area contributed by atoms with Gasteiger partial charge in [-0.1, -0.05) is 0 Å². The van der Waals surface area contributed by atoms with Crippen LogP contribution in [0.5, 0.6) is 0 Å². The van der Waals surface area contributed by atoms with E-state index in [-0.39, 0.29) is 11.9 Å². The van der Waals surface area contributed by atoms with Gasteiger partial charge in [-0.2, -0.15) is 31.6 Å². The quantitative estimate of drug-likeness (QED) is 0.469. The molecule has 1 amide bonds. The van der Waals surface area contributed by atoms with Crippen LogP contribution in [0.25, 0.3) is 0 Å². The van der Waals surface area contributed by atoms with Crippen LogP contribution in [0, 0.1) is 11.3 Å². The number of nitrogens with zero attached hydrogens (tertiary/aromatic N) is 2. The normalized spacial score (nSPS) is 17.5. The maximum atomic E-state index is 11.9. The molecule has 1 unspecified atom stereocenters. The number of carbonyl (C=O) groups excluding carboxylic acids is 1. The summed E-state index contributed by atoms with van der Waals surface area (Å²) in [4.78, 5) is 31.2. The van der Waals surface area contributed by atoms with Gasteiger partial charge in [0, 0.05) is 6.54 Å². The number of hydrogen-bond acceptors (Lipinski definition) is 6. The number of carbonyl (C=O) groups is 3. The number of nitrogens with two attached hydrogens (primary N) is 2. The molecule has 15 heteroatoms. The highest BCUT2D eigenvalue weighted by molar-refractivity contribution is 5.82. The van der Waals surface area contributed by atoms with Crippen LogP contribution in [0.3, 0.4) is 0 Å². The van der Waals surface area contributed by atoms with Gasteiger partial charge in [-0.15, -0.1) is 0 Å². The molecule has 0 radical (unpaired) electrons. The van der Waals surface area contributed by atoms with Crippen molar-refractivity contribution in [3.8, 4) is 6.07 Å². The molecule has 9 nitrogen and oxygen atoms in total. The number of amides is 1. The minimum Gasteiger partial charge on any atom is -0.475 e. The molecule has 168 valence electrons. The number of nitriles is 1. The van der Waals surface area contributed by atoms with Gasteiger partial charge in [0.05, 0.1) is 12.1 Å². The molecule has 0 spiro atoms. The van der Waals surface area contributed by atoms with Gasteiger partial charge in [0.15, 0.2) is 0 Å². The standard InChI is InChI=1S/C10H18N4O.2C2HF3O2/c11-5-4-9(13)10(15)14-6-2-1-3-8(14)7-12;2*3-2(4,5)1(6)7/h8-9H,1-6,11,13H2;2*(H,6,7)/t8-,9?;;/m0../s1. The Morgan fingerprint density at radius 3 is 1.79 bits per heavy atom. The van der Waals surface area contributed by atoms with E-state index in [4.69, 9.17) is 36.5 Å². The minimum atomic E-state index is -5.08. The summed E-state index contributed by atoms with van der Waals surface area (Å²) in [5.74, 6) is -5.65. The summed E-state index contributed by atoms with van der Waals surface area (Å²) in [5, 5.41) is 23.2. The molecule has 1 aliphatic rings. The Labute approximate surface area is 160 Å². The number of piperidine rings is 1. The van der Waals surface area contributed by atoms with Gasteiger partial charge in [-0.3, -0.25) is 4.79 Å². The molecule has 6 N–H and O–H groups in total. The lowest BCUT2D eigenvalue weighted by atomic mass is 10.0.